The Kier molecular flexibility index (Phi) is 7.14. The number of benzene rings is 9. The lowest BCUT2D eigenvalue weighted by Crippen LogP contribution is -2.00. The molecule has 0 N–H and O–H groups in total. The SMILES string of the molecule is c1ccc(-c2ccc(-c3nc(-c4ccccc4)nc(-c4cccc5oc6c(-c7ccc8c9ccccc9c9ccccc9c8c7)cccc6c45)n3)cc2)cc1. The van der Waals surface area contributed by atoms with Gasteiger partial charge in [-0.25, -0.2) is 15.0 Å². The largest absolute Gasteiger partial charge is 0.455 e. The van der Waals surface area contributed by atoms with E-state index in [0.29, 0.717) is 17.5 Å². The van der Waals surface area contributed by atoms with Crippen LogP contribution in [-0.4, -0.2) is 15.0 Å². The molecule has 2 aromatic heterocycles. The second-order valence-electron chi connectivity index (χ2n) is 13.9. The Bertz CT molecular complexity index is 3210. The molecule has 256 valence electrons. The highest BCUT2D eigenvalue weighted by molar-refractivity contribution is 6.26. The van der Waals surface area contributed by atoms with E-state index in [0.717, 1.165) is 55.3 Å². The third kappa shape index (κ3) is 5.19. The minimum Gasteiger partial charge on any atom is -0.455 e. The van der Waals surface area contributed by atoms with Gasteiger partial charge in [0.1, 0.15) is 11.2 Å². The maximum Gasteiger partial charge on any atom is 0.164 e. The van der Waals surface area contributed by atoms with Gasteiger partial charge in [0.2, 0.25) is 0 Å². The smallest absolute Gasteiger partial charge is 0.164 e. The van der Waals surface area contributed by atoms with E-state index in [2.05, 4.69) is 140 Å². The summed E-state index contributed by atoms with van der Waals surface area (Å²) in [7, 11) is 0. The molecule has 0 atom stereocenters. The molecule has 0 aliphatic carbocycles. The summed E-state index contributed by atoms with van der Waals surface area (Å²) in [6.07, 6.45) is 0. The van der Waals surface area contributed by atoms with Crippen molar-refractivity contribution in [2.75, 3.05) is 0 Å². The van der Waals surface area contributed by atoms with E-state index in [1.807, 2.05) is 48.5 Å². The average molecular weight is 702 g/mol. The molecule has 4 heteroatoms. The van der Waals surface area contributed by atoms with E-state index >= 15 is 0 Å². The van der Waals surface area contributed by atoms with E-state index in [-0.39, 0.29) is 0 Å². The van der Waals surface area contributed by atoms with E-state index in [9.17, 15) is 0 Å². The summed E-state index contributed by atoms with van der Waals surface area (Å²) in [5, 5.41) is 9.49. The van der Waals surface area contributed by atoms with E-state index in [1.54, 1.807) is 0 Å². The first-order chi connectivity index (χ1) is 27.3. The van der Waals surface area contributed by atoms with Gasteiger partial charge in [0, 0.05) is 33.0 Å². The van der Waals surface area contributed by atoms with Crippen LogP contribution in [0.2, 0.25) is 0 Å². The second kappa shape index (κ2) is 12.6. The van der Waals surface area contributed by atoms with Gasteiger partial charge >= 0.3 is 0 Å². The predicted molar refractivity (Wildman–Crippen MR) is 227 cm³/mol. The van der Waals surface area contributed by atoms with Crippen molar-refractivity contribution in [3.8, 4) is 56.4 Å². The first-order valence-corrected chi connectivity index (χ1v) is 18.5. The van der Waals surface area contributed by atoms with Crippen molar-refractivity contribution in [2.45, 2.75) is 0 Å². The van der Waals surface area contributed by atoms with Crippen LogP contribution in [0, 0.1) is 0 Å². The molecule has 9 aromatic carbocycles. The van der Waals surface area contributed by atoms with Crippen LogP contribution in [0.4, 0.5) is 0 Å². The Morgan fingerprint density at radius 3 is 1.42 bits per heavy atom. The van der Waals surface area contributed by atoms with Crippen LogP contribution in [0.3, 0.4) is 0 Å². The topological polar surface area (TPSA) is 51.8 Å². The maximum atomic E-state index is 6.78. The van der Waals surface area contributed by atoms with Crippen LogP contribution in [0.1, 0.15) is 0 Å². The molecule has 11 rings (SSSR count). The molecule has 11 aromatic rings. The zero-order chi connectivity index (χ0) is 36.3. The number of aromatic nitrogens is 3. The van der Waals surface area contributed by atoms with Crippen molar-refractivity contribution in [1.82, 2.24) is 15.0 Å². The van der Waals surface area contributed by atoms with Crippen LogP contribution >= 0.6 is 0 Å². The normalized spacial score (nSPS) is 11.6. The number of nitrogens with zero attached hydrogens (tertiary/aromatic N) is 3. The molecule has 0 saturated heterocycles. The van der Waals surface area contributed by atoms with Crippen LogP contribution in [0.15, 0.2) is 192 Å². The van der Waals surface area contributed by atoms with Crippen molar-refractivity contribution in [2.24, 2.45) is 0 Å². The predicted octanol–water partition coefficient (Wildman–Crippen LogP) is 13.6. The maximum absolute atomic E-state index is 6.78. The average Bonchev–Trinajstić information content (AvgIpc) is 3.66. The summed E-state index contributed by atoms with van der Waals surface area (Å²) in [6, 6.07) is 65.7. The minimum atomic E-state index is 0.596. The van der Waals surface area contributed by atoms with Crippen molar-refractivity contribution in [3.63, 3.8) is 0 Å². The number of furan rings is 1. The summed E-state index contributed by atoms with van der Waals surface area (Å²) in [4.78, 5) is 15.3. The molecule has 0 spiro atoms. The second-order valence-corrected chi connectivity index (χ2v) is 13.9. The van der Waals surface area contributed by atoms with Crippen molar-refractivity contribution >= 4 is 54.3 Å². The highest BCUT2D eigenvalue weighted by Crippen LogP contribution is 2.42. The fraction of sp³-hybridized carbons (Fsp3) is 0. The van der Waals surface area contributed by atoms with Crippen molar-refractivity contribution in [3.05, 3.63) is 188 Å². The van der Waals surface area contributed by atoms with Crippen molar-refractivity contribution in [1.29, 1.82) is 0 Å². The molecule has 0 amide bonds. The number of fused-ring (bicyclic) bond motifs is 9. The van der Waals surface area contributed by atoms with Gasteiger partial charge in [0.25, 0.3) is 0 Å². The lowest BCUT2D eigenvalue weighted by Gasteiger charge is -2.12. The molecule has 55 heavy (non-hydrogen) atoms. The number of para-hydroxylation sites is 1. The Hall–Kier alpha value is -7.43. The summed E-state index contributed by atoms with van der Waals surface area (Å²) in [6.45, 7) is 0. The van der Waals surface area contributed by atoms with Gasteiger partial charge in [-0.3, -0.25) is 0 Å². The molecule has 0 aliphatic rings. The lowest BCUT2D eigenvalue weighted by molar-refractivity contribution is 0.670. The fourth-order valence-corrected chi connectivity index (χ4v) is 8.12. The van der Waals surface area contributed by atoms with Gasteiger partial charge in [-0.2, -0.15) is 0 Å². The molecule has 0 aliphatic heterocycles. The van der Waals surface area contributed by atoms with Gasteiger partial charge in [-0.05, 0) is 61.1 Å². The third-order valence-corrected chi connectivity index (χ3v) is 10.7. The first-order valence-electron chi connectivity index (χ1n) is 18.5. The van der Waals surface area contributed by atoms with E-state index < -0.39 is 0 Å². The van der Waals surface area contributed by atoms with Crippen molar-refractivity contribution < 1.29 is 4.42 Å². The fourth-order valence-electron chi connectivity index (χ4n) is 8.12. The van der Waals surface area contributed by atoms with Gasteiger partial charge in [-0.1, -0.05) is 176 Å². The van der Waals surface area contributed by atoms with Crippen LogP contribution in [0.5, 0.6) is 0 Å². The van der Waals surface area contributed by atoms with Gasteiger partial charge < -0.3 is 4.42 Å². The lowest BCUT2D eigenvalue weighted by atomic mass is 9.91. The molecule has 0 saturated carbocycles. The standard InChI is InChI=1S/C51H31N3O/c1-3-13-32(14-4-1)33-25-27-35(28-26-33)50-52-49(34-15-5-2-6-16-34)53-51(54-50)44-23-12-24-46-47(44)43-22-11-21-37(48(43)55-46)36-29-30-42-40-19-8-7-17-38(40)39-18-9-10-20-41(39)45(42)31-36/h1-31H. The zero-order valence-electron chi connectivity index (χ0n) is 29.6. The third-order valence-electron chi connectivity index (χ3n) is 10.7. The molecule has 0 bridgehead atoms. The monoisotopic (exact) mass is 701 g/mol. The summed E-state index contributed by atoms with van der Waals surface area (Å²) < 4.78 is 6.78. The van der Waals surface area contributed by atoms with Gasteiger partial charge in [0.05, 0.1) is 0 Å². The Labute approximate surface area is 317 Å². The molecule has 0 fully saturated rings. The van der Waals surface area contributed by atoms with E-state index in [4.69, 9.17) is 19.4 Å². The van der Waals surface area contributed by atoms with Gasteiger partial charge in [0.15, 0.2) is 17.5 Å². The van der Waals surface area contributed by atoms with Gasteiger partial charge in [-0.15, -0.1) is 0 Å². The zero-order valence-corrected chi connectivity index (χ0v) is 29.6. The summed E-state index contributed by atoms with van der Waals surface area (Å²) >= 11 is 0. The number of hydrogen-bond acceptors (Lipinski definition) is 4. The van der Waals surface area contributed by atoms with Crippen LogP contribution in [0.25, 0.3) is 111 Å². The highest BCUT2D eigenvalue weighted by atomic mass is 16.3. The molecular weight excluding hydrogens is 671 g/mol. The molecule has 4 nitrogen and oxygen atoms in total. The quantitative estimate of drug-likeness (QED) is 0.168. The van der Waals surface area contributed by atoms with Crippen LogP contribution in [-0.2, 0) is 0 Å². The Morgan fingerprint density at radius 2 is 0.745 bits per heavy atom. The molecule has 2 heterocycles. The number of hydrogen-bond donors (Lipinski definition) is 0. The van der Waals surface area contributed by atoms with Crippen LogP contribution < -0.4 is 0 Å². The summed E-state index contributed by atoms with van der Waals surface area (Å²) in [5.74, 6) is 1.83. The van der Waals surface area contributed by atoms with E-state index in [1.165, 1.54) is 37.9 Å². The highest BCUT2D eigenvalue weighted by Gasteiger charge is 2.20. The Balaban J connectivity index is 1.09. The molecular formula is C51H31N3O. The molecule has 0 unspecified atom stereocenters. The molecule has 0 radical (unpaired) electrons. The first kappa shape index (κ1) is 31.1. The number of rotatable bonds is 5. The minimum absolute atomic E-state index is 0.596. The Morgan fingerprint density at radius 1 is 0.291 bits per heavy atom. The summed E-state index contributed by atoms with van der Waals surface area (Å²) in [5.41, 5.74) is 8.81.